The third-order valence-corrected chi connectivity index (χ3v) is 2.04. The predicted molar refractivity (Wildman–Crippen MR) is 55.7 cm³/mol. The monoisotopic (exact) mass is 237 g/mol. The summed E-state index contributed by atoms with van der Waals surface area (Å²) in [4.78, 5) is 21.8. The molecule has 15 heavy (non-hydrogen) atoms. The van der Waals surface area contributed by atoms with E-state index >= 15 is 0 Å². The van der Waals surface area contributed by atoms with Crippen LogP contribution in [0.1, 0.15) is 26.7 Å². The zero-order valence-electron chi connectivity index (χ0n) is 8.83. The van der Waals surface area contributed by atoms with E-state index in [4.69, 9.17) is 21.4 Å². The molecular formula is C9H16ClNO4. The number of carboxylic acids is 1. The molecule has 0 aliphatic rings. The fourth-order valence-corrected chi connectivity index (χ4v) is 1.10. The number of hydrogen-bond acceptors (Lipinski definition) is 3. The molecule has 0 aromatic heterocycles. The average Bonchev–Trinajstić information content (AvgIpc) is 2.16. The van der Waals surface area contributed by atoms with E-state index in [0.717, 1.165) is 0 Å². The SMILES string of the molecule is CCCC(=O)NC(OCC)C(Cl)C(=O)O. The minimum Gasteiger partial charge on any atom is -0.480 e. The molecule has 0 heterocycles. The number of carbonyl (C=O) groups excluding carboxylic acids is 1. The van der Waals surface area contributed by atoms with Crippen LogP contribution < -0.4 is 5.32 Å². The Bertz CT molecular complexity index is 222. The molecule has 0 aromatic carbocycles. The van der Waals surface area contributed by atoms with Crippen LogP contribution in [0.2, 0.25) is 0 Å². The van der Waals surface area contributed by atoms with Crippen LogP contribution in [0.4, 0.5) is 0 Å². The molecule has 2 N–H and O–H groups in total. The van der Waals surface area contributed by atoms with Crippen molar-refractivity contribution >= 4 is 23.5 Å². The fourth-order valence-electron chi connectivity index (χ4n) is 0.966. The fraction of sp³-hybridized carbons (Fsp3) is 0.778. The number of ether oxygens (including phenoxy) is 1. The quantitative estimate of drug-likeness (QED) is 0.511. The molecule has 0 radical (unpaired) electrons. The normalized spacial score (nSPS) is 14.3. The summed E-state index contributed by atoms with van der Waals surface area (Å²) in [5.41, 5.74) is 0. The summed E-state index contributed by atoms with van der Waals surface area (Å²) in [5.74, 6) is -1.48. The zero-order valence-corrected chi connectivity index (χ0v) is 9.58. The van der Waals surface area contributed by atoms with Gasteiger partial charge in [-0.25, -0.2) is 0 Å². The van der Waals surface area contributed by atoms with Crippen molar-refractivity contribution in [2.24, 2.45) is 0 Å². The van der Waals surface area contributed by atoms with Crippen molar-refractivity contribution in [1.29, 1.82) is 0 Å². The van der Waals surface area contributed by atoms with E-state index in [0.29, 0.717) is 12.8 Å². The van der Waals surface area contributed by atoms with Gasteiger partial charge in [0.2, 0.25) is 5.91 Å². The lowest BCUT2D eigenvalue weighted by molar-refractivity contribution is -0.141. The van der Waals surface area contributed by atoms with E-state index in [-0.39, 0.29) is 12.5 Å². The Balaban J connectivity index is 4.26. The first-order valence-corrected chi connectivity index (χ1v) is 5.24. The Morgan fingerprint density at radius 1 is 1.47 bits per heavy atom. The van der Waals surface area contributed by atoms with Gasteiger partial charge in [-0.05, 0) is 13.3 Å². The lowest BCUT2D eigenvalue weighted by Gasteiger charge is -2.20. The van der Waals surface area contributed by atoms with Crippen molar-refractivity contribution in [1.82, 2.24) is 5.32 Å². The Hall–Kier alpha value is -0.810. The highest BCUT2D eigenvalue weighted by Crippen LogP contribution is 2.05. The Morgan fingerprint density at radius 2 is 2.07 bits per heavy atom. The van der Waals surface area contributed by atoms with Gasteiger partial charge < -0.3 is 15.2 Å². The standard InChI is InChI=1S/C9H16ClNO4/c1-3-5-6(12)11-8(15-4-2)7(10)9(13)14/h7-8H,3-5H2,1-2H3,(H,11,12)(H,13,14). The molecule has 0 bridgehead atoms. The van der Waals surface area contributed by atoms with Gasteiger partial charge >= 0.3 is 5.97 Å². The minimum absolute atomic E-state index is 0.261. The maximum Gasteiger partial charge on any atom is 0.326 e. The first kappa shape index (κ1) is 14.2. The number of carbonyl (C=O) groups is 2. The number of hydrogen-bond donors (Lipinski definition) is 2. The van der Waals surface area contributed by atoms with E-state index in [1.165, 1.54) is 0 Å². The number of rotatable bonds is 7. The first-order valence-electron chi connectivity index (χ1n) is 4.80. The maximum atomic E-state index is 11.2. The molecule has 2 unspecified atom stereocenters. The van der Waals surface area contributed by atoms with Crippen LogP contribution >= 0.6 is 11.6 Å². The van der Waals surface area contributed by atoms with Gasteiger partial charge in [0, 0.05) is 13.0 Å². The molecule has 1 amide bonds. The van der Waals surface area contributed by atoms with Gasteiger partial charge in [-0.2, -0.15) is 0 Å². The minimum atomic E-state index is -1.27. The summed E-state index contributed by atoms with van der Waals surface area (Å²) in [5, 5.41) is 9.81. The molecule has 6 heteroatoms. The van der Waals surface area contributed by atoms with Crippen molar-refractivity contribution in [2.45, 2.75) is 38.3 Å². The van der Waals surface area contributed by atoms with Crippen molar-refractivity contribution in [3.05, 3.63) is 0 Å². The number of carboxylic acid groups (broad SMARTS) is 1. The molecule has 0 aromatic rings. The van der Waals surface area contributed by atoms with Gasteiger partial charge in [0.1, 0.15) is 0 Å². The van der Waals surface area contributed by atoms with Crippen LogP contribution in [0.5, 0.6) is 0 Å². The van der Waals surface area contributed by atoms with Crippen LogP contribution in [0.15, 0.2) is 0 Å². The zero-order chi connectivity index (χ0) is 11.8. The van der Waals surface area contributed by atoms with Crippen molar-refractivity contribution < 1.29 is 19.4 Å². The molecule has 0 saturated heterocycles. The summed E-state index contributed by atoms with van der Waals surface area (Å²) in [6.07, 6.45) is 0.0329. The number of alkyl halides is 1. The van der Waals surface area contributed by atoms with Crippen LogP contribution in [0.25, 0.3) is 0 Å². The summed E-state index contributed by atoms with van der Waals surface area (Å²) < 4.78 is 5.04. The van der Waals surface area contributed by atoms with Crippen LogP contribution in [-0.4, -0.2) is 35.2 Å². The molecular weight excluding hydrogens is 222 g/mol. The van der Waals surface area contributed by atoms with Crippen LogP contribution in [0.3, 0.4) is 0 Å². The second-order valence-corrected chi connectivity index (χ2v) is 3.40. The number of halogens is 1. The third kappa shape index (κ3) is 5.59. The molecule has 0 rings (SSSR count). The molecule has 0 aliphatic heterocycles. The molecule has 0 spiro atoms. The maximum absolute atomic E-state index is 11.2. The van der Waals surface area contributed by atoms with E-state index in [1.54, 1.807) is 6.92 Å². The van der Waals surface area contributed by atoms with Gasteiger partial charge in [-0.15, -0.1) is 11.6 Å². The summed E-state index contributed by atoms with van der Waals surface area (Å²) in [6, 6.07) is 0. The van der Waals surface area contributed by atoms with Crippen LogP contribution in [-0.2, 0) is 14.3 Å². The summed E-state index contributed by atoms with van der Waals surface area (Å²) in [7, 11) is 0. The van der Waals surface area contributed by atoms with Gasteiger partial charge in [-0.3, -0.25) is 9.59 Å². The number of aliphatic carboxylic acids is 1. The lowest BCUT2D eigenvalue weighted by atomic mass is 10.3. The Kier molecular flexibility index (Phi) is 7.07. The number of amides is 1. The highest BCUT2D eigenvalue weighted by Gasteiger charge is 2.27. The van der Waals surface area contributed by atoms with E-state index < -0.39 is 17.6 Å². The topological polar surface area (TPSA) is 75.6 Å². The van der Waals surface area contributed by atoms with Crippen LogP contribution in [0, 0.1) is 0 Å². The molecule has 5 nitrogen and oxygen atoms in total. The number of nitrogens with one attached hydrogen (secondary N) is 1. The van der Waals surface area contributed by atoms with Gasteiger partial charge in [0.05, 0.1) is 0 Å². The molecule has 0 fully saturated rings. The molecule has 0 saturated carbocycles. The second kappa shape index (κ2) is 7.48. The molecule has 0 aliphatic carbocycles. The van der Waals surface area contributed by atoms with Gasteiger partial charge in [-0.1, -0.05) is 6.92 Å². The molecule has 88 valence electrons. The van der Waals surface area contributed by atoms with Gasteiger partial charge in [0.15, 0.2) is 11.6 Å². The van der Waals surface area contributed by atoms with Crippen molar-refractivity contribution in [3.8, 4) is 0 Å². The average molecular weight is 238 g/mol. The van der Waals surface area contributed by atoms with Gasteiger partial charge in [0.25, 0.3) is 0 Å². The summed E-state index contributed by atoms with van der Waals surface area (Å²) >= 11 is 5.57. The van der Waals surface area contributed by atoms with E-state index in [2.05, 4.69) is 5.32 Å². The Labute approximate surface area is 93.7 Å². The third-order valence-electron chi connectivity index (χ3n) is 1.63. The molecule has 2 atom stereocenters. The van der Waals surface area contributed by atoms with E-state index in [9.17, 15) is 9.59 Å². The largest absolute Gasteiger partial charge is 0.480 e. The summed E-state index contributed by atoms with van der Waals surface area (Å²) in [6.45, 7) is 3.84. The smallest absolute Gasteiger partial charge is 0.326 e. The lowest BCUT2D eigenvalue weighted by Crippen LogP contribution is -2.46. The highest BCUT2D eigenvalue weighted by molar-refractivity contribution is 6.30. The van der Waals surface area contributed by atoms with E-state index in [1.807, 2.05) is 6.92 Å². The van der Waals surface area contributed by atoms with Crippen molar-refractivity contribution in [2.75, 3.05) is 6.61 Å². The second-order valence-electron chi connectivity index (χ2n) is 2.93. The van der Waals surface area contributed by atoms with Crippen molar-refractivity contribution in [3.63, 3.8) is 0 Å². The Morgan fingerprint density at radius 3 is 2.47 bits per heavy atom. The first-order chi connectivity index (χ1) is 7.02. The highest BCUT2D eigenvalue weighted by atomic mass is 35.5. The predicted octanol–water partition coefficient (Wildman–Crippen LogP) is 0.957.